The topological polar surface area (TPSA) is 79.3 Å². The summed E-state index contributed by atoms with van der Waals surface area (Å²) in [6.45, 7) is 7.04. The third-order valence-electron chi connectivity index (χ3n) is 6.00. The Morgan fingerprint density at radius 2 is 2.03 bits per heavy atom. The number of hydrogen-bond donors (Lipinski definition) is 2. The third-order valence-corrected chi connectivity index (χ3v) is 6.00. The van der Waals surface area contributed by atoms with Crippen molar-refractivity contribution in [3.05, 3.63) is 35.6 Å². The number of amides is 2. The smallest absolute Gasteiger partial charge is 0.257 e. The minimum Gasteiger partial charge on any atom is -0.370 e. The lowest BCUT2D eigenvalue weighted by Gasteiger charge is -2.38. The fraction of sp³-hybridized carbons (Fsp3) is 0.591. The minimum atomic E-state index is -1.04. The lowest BCUT2D eigenvalue weighted by atomic mass is 9.80. The van der Waals surface area contributed by atoms with Gasteiger partial charge < -0.3 is 15.5 Å². The quantitative estimate of drug-likeness (QED) is 0.763. The molecule has 158 valence electrons. The molecule has 7 heteroatoms. The van der Waals surface area contributed by atoms with Crippen LogP contribution in [-0.4, -0.2) is 52.7 Å². The Hall–Kier alpha value is -2.57. The van der Waals surface area contributed by atoms with Gasteiger partial charge in [-0.15, -0.1) is 0 Å². The van der Waals surface area contributed by atoms with Crippen molar-refractivity contribution < 1.29 is 9.59 Å². The second-order valence-electron chi connectivity index (χ2n) is 8.70. The summed E-state index contributed by atoms with van der Waals surface area (Å²) in [4.78, 5) is 28.4. The zero-order chi connectivity index (χ0) is 21.2. The molecule has 2 amide bonds. The maximum Gasteiger partial charge on any atom is 0.257 e. The molecular weight excluding hydrogens is 366 g/mol. The van der Waals surface area contributed by atoms with E-state index in [4.69, 9.17) is 0 Å². The number of nitrogens with one attached hydrogen (secondary N) is 2. The number of fused-ring (bicyclic) bond motifs is 1. The van der Waals surface area contributed by atoms with Crippen molar-refractivity contribution in [2.45, 2.75) is 64.0 Å². The largest absolute Gasteiger partial charge is 0.370 e. The van der Waals surface area contributed by atoms with Crippen LogP contribution in [0.4, 0.5) is 5.82 Å². The molecule has 7 nitrogen and oxygen atoms in total. The van der Waals surface area contributed by atoms with Gasteiger partial charge in [-0.25, -0.2) is 4.68 Å². The van der Waals surface area contributed by atoms with E-state index in [1.165, 1.54) is 0 Å². The van der Waals surface area contributed by atoms with Gasteiger partial charge in [0, 0.05) is 20.6 Å². The molecule has 0 bridgehead atoms. The predicted molar refractivity (Wildman–Crippen MR) is 115 cm³/mol. The van der Waals surface area contributed by atoms with Gasteiger partial charge in [-0.05, 0) is 51.5 Å². The van der Waals surface area contributed by atoms with Crippen LogP contribution in [0.25, 0.3) is 0 Å². The highest BCUT2D eigenvalue weighted by Gasteiger charge is 2.44. The number of anilines is 1. The van der Waals surface area contributed by atoms with Crippen LogP contribution in [0.2, 0.25) is 0 Å². The lowest BCUT2D eigenvalue weighted by molar-refractivity contribution is -0.134. The number of aromatic nitrogens is 2. The number of carbonyl (C=O) groups is 2. The average molecular weight is 400 g/mol. The number of rotatable bonds is 4. The summed E-state index contributed by atoms with van der Waals surface area (Å²) in [5, 5.41) is 10.9. The van der Waals surface area contributed by atoms with Crippen LogP contribution in [0.3, 0.4) is 0 Å². The molecule has 0 aromatic carbocycles. The van der Waals surface area contributed by atoms with Crippen molar-refractivity contribution in [3.63, 3.8) is 0 Å². The van der Waals surface area contributed by atoms with Gasteiger partial charge in [0.05, 0.1) is 11.7 Å². The SMILES string of the molecule is CC/C1=C\C/C=C\CCC1(NC(=O)c1cnn2c1NCCC2(C)C)C(=O)N(C)C. The molecule has 0 saturated heterocycles. The molecule has 1 aliphatic carbocycles. The summed E-state index contributed by atoms with van der Waals surface area (Å²) in [5.74, 6) is 0.359. The van der Waals surface area contributed by atoms with E-state index in [0.29, 0.717) is 18.4 Å². The first-order valence-corrected chi connectivity index (χ1v) is 10.4. The van der Waals surface area contributed by atoms with Crippen LogP contribution in [0.5, 0.6) is 0 Å². The van der Waals surface area contributed by atoms with Gasteiger partial charge in [-0.2, -0.15) is 5.10 Å². The van der Waals surface area contributed by atoms with Crippen LogP contribution in [0, 0.1) is 0 Å². The average Bonchev–Trinajstić information content (AvgIpc) is 3.09. The molecule has 0 saturated carbocycles. The molecule has 1 aromatic heterocycles. The van der Waals surface area contributed by atoms with E-state index < -0.39 is 5.54 Å². The zero-order valence-corrected chi connectivity index (χ0v) is 18.2. The fourth-order valence-electron chi connectivity index (χ4n) is 4.32. The standard InChI is InChI=1S/C22H33N5O2/c1-6-16-11-9-7-8-10-12-22(16,20(29)26(4)5)25-19(28)17-15-24-27-18(17)23-14-13-21(27,2)3/h7-8,11,15,23H,6,9-10,12-14H2,1-5H3,(H,25,28)/b8-7-,16-11+. The fourth-order valence-corrected chi connectivity index (χ4v) is 4.32. The third kappa shape index (κ3) is 3.82. The number of nitrogens with zero attached hydrogens (tertiary/aromatic N) is 3. The molecular formula is C22H33N5O2. The minimum absolute atomic E-state index is 0.0939. The van der Waals surface area contributed by atoms with Crippen LogP contribution in [-0.2, 0) is 10.3 Å². The summed E-state index contributed by atoms with van der Waals surface area (Å²) in [6.07, 6.45) is 11.5. The van der Waals surface area contributed by atoms with Gasteiger partial charge in [0.15, 0.2) is 0 Å². The molecule has 1 unspecified atom stereocenters. The molecule has 2 heterocycles. The lowest BCUT2D eigenvalue weighted by Crippen LogP contribution is -2.59. The Morgan fingerprint density at radius 1 is 1.28 bits per heavy atom. The van der Waals surface area contributed by atoms with E-state index in [1.54, 1.807) is 25.2 Å². The predicted octanol–water partition coefficient (Wildman–Crippen LogP) is 3.07. The van der Waals surface area contributed by atoms with Crippen LogP contribution in [0.1, 0.15) is 63.2 Å². The van der Waals surface area contributed by atoms with Gasteiger partial charge in [0.1, 0.15) is 16.9 Å². The van der Waals surface area contributed by atoms with Crippen molar-refractivity contribution in [2.24, 2.45) is 0 Å². The van der Waals surface area contributed by atoms with Crippen LogP contribution >= 0.6 is 0 Å². The van der Waals surface area contributed by atoms with Crippen LogP contribution < -0.4 is 10.6 Å². The van der Waals surface area contributed by atoms with Crippen molar-refractivity contribution in [2.75, 3.05) is 26.0 Å². The highest BCUT2D eigenvalue weighted by atomic mass is 16.2. The maximum atomic E-state index is 13.4. The summed E-state index contributed by atoms with van der Waals surface area (Å²) in [6, 6.07) is 0. The van der Waals surface area contributed by atoms with Crippen molar-refractivity contribution in [3.8, 4) is 0 Å². The summed E-state index contributed by atoms with van der Waals surface area (Å²) in [5.41, 5.74) is 0.245. The second kappa shape index (κ2) is 8.05. The highest BCUT2D eigenvalue weighted by Crippen LogP contribution is 2.33. The molecule has 2 aliphatic rings. The van der Waals surface area contributed by atoms with E-state index in [0.717, 1.165) is 37.2 Å². The molecule has 0 fully saturated rings. The molecule has 1 aliphatic heterocycles. The van der Waals surface area contributed by atoms with Crippen molar-refractivity contribution in [1.82, 2.24) is 20.0 Å². The maximum absolute atomic E-state index is 13.4. The second-order valence-corrected chi connectivity index (χ2v) is 8.70. The Kier molecular flexibility index (Phi) is 5.87. The zero-order valence-electron chi connectivity index (χ0n) is 18.2. The molecule has 29 heavy (non-hydrogen) atoms. The van der Waals surface area contributed by atoms with E-state index >= 15 is 0 Å². The first-order valence-electron chi connectivity index (χ1n) is 10.4. The van der Waals surface area contributed by atoms with Gasteiger partial charge >= 0.3 is 0 Å². The highest BCUT2D eigenvalue weighted by molar-refractivity contribution is 6.03. The molecule has 1 atom stereocenters. The van der Waals surface area contributed by atoms with E-state index in [-0.39, 0.29) is 17.4 Å². The Labute approximate surface area is 173 Å². The molecule has 3 rings (SSSR count). The Bertz CT molecular complexity index is 849. The number of allylic oxidation sites excluding steroid dienone is 3. The Morgan fingerprint density at radius 3 is 2.72 bits per heavy atom. The molecule has 0 radical (unpaired) electrons. The van der Waals surface area contributed by atoms with Crippen molar-refractivity contribution in [1.29, 1.82) is 0 Å². The first kappa shape index (κ1) is 21.1. The van der Waals surface area contributed by atoms with Gasteiger partial charge in [-0.1, -0.05) is 25.2 Å². The molecule has 0 spiro atoms. The summed E-state index contributed by atoms with van der Waals surface area (Å²) < 4.78 is 1.88. The monoisotopic (exact) mass is 399 g/mol. The van der Waals surface area contributed by atoms with Crippen molar-refractivity contribution >= 4 is 17.6 Å². The number of carbonyl (C=O) groups excluding carboxylic acids is 2. The van der Waals surface area contributed by atoms with Gasteiger partial charge in [0.2, 0.25) is 0 Å². The van der Waals surface area contributed by atoms with E-state index in [1.807, 2.05) is 11.6 Å². The van der Waals surface area contributed by atoms with E-state index in [2.05, 4.69) is 47.8 Å². The number of hydrogen-bond acceptors (Lipinski definition) is 4. The van der Waals surface area contributed by atoms with E-state index in [9.17, 15) is 9.59 Å². The van der Waals surface area contributed by atoms with Crippen LogP contribution in [0.15, 0.2) is 30.0 Å². The number of likely N-dealkylation sites (N-methyl/N-ethyl adjacent to an activating group) is 1. The summed E-state index contributed by atoms with van der Waals surface area (Å²) >= 11 is 0. The molecule has 1 aromatic rings. The molecule has 2 N–H and O–H groups in total. The first-order chi connectivity index (χ1) is 13.7. The normalized spacial score (nSPS) is 26.0. The Balaban J connectivity index is 2.01. The summed E-state index contributed by atoms with van der Waals surface area (Å²) in [7, 11) is 3.48. The van der Waals surface area contributed by atoms with Gasteiger partial charge in [0.25, 0.3) is 11.8 Å². The van der Waals surface area contributed by atoms with Gasteiger partial charge in [-0.3, -0.25) is 9.59 Å².